The molecule has 2 aromatic carbocycles. The first-order valence-electron chi connectivity index (χ1n) is 10.8. The Morgan fingerprint density at radius 3 is 2.63 bits per heavy atom. The molecular formula is C24H19F4N5O2. The number of hydrogen-bond donors (Lipinski definition) is 2. The second-order valence-corrected chi connectivity index (χ2v) is 8.07. The lowest BCUT2D eigenvalue weighted by atomic mass is 10.1. The number of likely N-dealkylation sites (tertiary alicyclic amines) is 1. The van der Waals surface area contributed by atoms with Gasteiger partial charge < -0.3 is 19.9 Å². The number of pyridine rings is 1. The van der Waals surface area contributed by atoms with Crippen molar-refractivity contribution in [1.82, 2.24) is 19.9 Å². The van der Waals surface area contributed by atoms with Crippen molar-refractivity contribution in [3.8, 4) is 28.3 Å². The summed E-state index contributed by atoms with van der Waals surface area (Å²) in [5.74, 6) is -0.693. The standard InChI is InChI=1S/C24H19F4N5O2/c25-19-7-6-16(30-23(34)33-8-1-2-9-33)12-18(19)21-31-20-11-15(13-29-22(20)32-21)14-4-3-5-17(10-14)35-24(26,27)28/h3-7,10-13H,1-2,8-9H2,(H,30,34)(H,29,31,32). The second kappa shape index (κ2) is 8.90. The molecule has 11 heteroatoms. The molecule has 2 aromatic heterocycles. The van der Waals surface area contributed by atoms with E-state index in [2.05, 4.69) is 25.0 Å². The zero-order chi connectivity index (χ0) is 24.6. The molecule has 0 spiro atoms. The molecule has 7 nitrogen and oxygen atoms in total. The average Bonchev–Trinajstić information content (AvgIpc) is 3.49. The highest BCUT2D eigenvalue weighted by molar-refractivity contribution is 5.90. The first-order valence-corrected chi connectivity index (χ1v) is 10.8. The lowest BCUT2D eigenvalue weighted by Crippen LogP contribution is -2.32. The van der Waals surface area contributed by atoms with E-state index in [4.69, 9.17) is 0 Å². The van der Waals surface area contributed by atoms with Crippen LogP contribution in [0.2, 0.25) is 0 Å². The van der Waals surface area contributed by atoms with Gasteiger partial charge in [0.15, 0.2) is 5.65 Å². The number of nitrogens with one attached hydrogen (secondary N) is 2. The summed E-state index contributed by atoms with van der Waals surface area (Å²) in [6, 6.07) is 11.1. The van der Waals surface area contributed by atoms with Crippen LogP contribution in [0.1, 0.15) is 12.8 Å². The summed E-state index contributed by atoms with van der Waals surface area (Å²) in [4.78, 5) is 25.7. The normalized spacial score (nSPS) is 13.9. The van der Waals surface area contributed by atoms with E-state index in [1.165, 1.54) is 42.6 Å². The van der Waals surface area contributed by atoms with Gasteiger partial charge in [0.25, 0.3) is 0 Å². The molecular weight excluding hydrogens is 466 g/mol. The number of halogens is 4. The summed E-state index contributed by atoms with van der Waals surface area (Å²) in [5, 5.41) is 2.78. The minimum Gasteiger partial charge on any atom is -0.406 e. The van der Waals surface area contributed by atoms with Crippen molar-refractivity contribution in [2.45, 2.75) is 19.2 Å². The van der Waals surface area contributed by atoms with Gasteiger partial charge in [0.05, 0.1) is 5.56 Å². The molecule has 1 saturated heterocycles. The van der Waals surface area contributed by atoms with E-state index in [1.807, 2.05) is 0 Å². The quantitative estimate of drug-likeness (QED) is 0.350. The lowest BCUT2D eigenvalue weighted by molar-refractivity contribution is -0.274. The van der Waals surface area contributed by atoms with Crippen molar-refractivity contribution < 1.29 is 27.1 Å². The van der Waals surface area contributed by atoms with E-state index in [9.17, 15) is 22.4 Å². The molecule has 5 rings (SSSR count). The third-order valence-corrected chi connectivity index (χ3v) is 5.60. The Bertz CT molecular complexity index is 1400. The minimum absolute atomic E-state index is 0.143. The Kier molecular flexibility index (Phi) is 5.75. The van der Waals surface area contributed by atoms with Gasteiger partial charge in [-0.25, -0.2) is 19.2 Å². The molecule has 2 amide bonds. The fraction of sp³-hybridized carbons (Fsp3) is 0.208. The third-order valence-electron chi connectivity index (χ3n) is 5.60. The minimum atomic E-state index is -4.80. The molecule has 2 N–H and O–H groups in total. The Morgan fingerprint density at radius 2 is 1.86 bits per heavy atom. The van der Waals surface area contributed by atoms with Gasteiger partial charge in [0, 0.05) is 30.5 Å². The molecule has 35 heavy (non-hydrogen) atoms. The van der Waals surface area contributed by atoms with Gasteiger partial charge in [-0.1, -0.05) is 12.1 Å². The van der Waals surface area contributed by atoms with Gasteiger partial charge in [0.2, 0.25) is 0 Å². The number of ether oxygens (including phenoxy) is 1. The number of amides is 2. The number of H-pyrrole nitrogens is 1. The van der Waals surface area contributed by atoms with Crippen LogP contribution < -0.4 is 10.1 Å². The highest BCUT2D eigenvalue weighted by Gasteiger charge is 2.31. The van der Waals surface area contributed by atoms with E-state index in [1.54, 1.807) is 17.0 Å². The molecule has 0 radical (unpaired) electrons. The number of carbonyl (C=O) groups excluding carboxylic acids is 1. The fourth-order valence-electron chi connectivity index (χ4n) is 3.96. The largest absolute Gasteiger partial charge is 0.573 e. The molecule has 1 fully saturated rings. The summed E-state index contributed by atoms with van der Waals surface area (Å²) >= 11 is 0. The molecule has 4 aromatic rings. The van der Waals surface area contributed by atoms with Crippen molar-refractivity contribution in [3.63, 3.8) is 0 Å². The van der Waals surface area contributed by atoms with Gasteiger partial charge in [-0.2, -0.15) is 0 Å². The number of fused-ring (bicyclic) bond motifs is 1. The number of urea groups is 1. The van der Waals surface area contributed by atoms with Crippen molar-refractivity contribution in [1.29, 1.82) is 0 Å². The number of aromatic nitrogens is 3. The summed E-state index contributed by atoms with van der Waals surface area (Å²) in [5.41, 5.74) is 2.29. The van der Waals surface area contributed by atoms with Crippen LogP contribution in [0.5, 0.6) is 5.75 Å². The molecule has 0 unspecified atom stereocenters. The van der Waals surface area contributed by atoms with Crippen LogP contribution in [0.15, 0.2) is 54.7 Å². The Morgan fingerprint density at radius 1 is 1.06 bits per heavy atom. The number of aromatic amines is 1. The summed E-state index contributed by atoms with van der Waals surface area (Å²) in [6.45, 7) is 1.37. The summed E-state index contributed by atoms with van der Waals surface area (Å²) in [6.07, 6.45) is -1.42. The topological polar surface area (TPSA) is 83.1 Å². The van der Waals surface area contributed by atoms with Gasteiger partial charge in [0.1, 0.15) is 22.9 Å². The van der Waals surface area contributed by atoms with Crippen molar-refractivity contribution in [2.24, 2.45) is 0 Å². The van der Waals surface area contributed by atoms with Crippen LogP contribution >= 0.6 is 0 Å². The number of imidazole rings is 1. The average molecular weight is 485 g/mol. The molecule has 3 heterocycles. The van der Waals surface area contributed by atoms with E-state index in [-0.39, 0.29) is 23.2 Å². The molecule has 180 valence electrons. The summed E-state index contributed by atoms with van der Waals surface area (Å²) < 4.78 is 56.3. The van der Waals surface area contributed by atoms with Crippen LogP contribution in [0.4, 0.5) is 28.0 Å². The van der Waals surface area contributed by atoms with Crippen LogP contribution in [0, 0.1) is 5.82 Å². The molecule has 0 atom stereocenters. The maximum atomic E-state index is 14.6. The molecule has 1 aliphatic heterocycles. The van der Waals surface area contributed by atoms with Crippen LogP contribution in [0.25, 0.3) is 33.7 Å². The van der Waals surface area contributed by atoms with Crippen LogP contribution in [0.3, 0.4) is 0 Å². The Labute approximate surface area is 196 Å². The predicted molar refractivity (Wildman–Crippen MR) is 121 cm³/mol. The van der Waals surface area contributed by atoms with Crippen molar-refractivity contribution >= 4 is 22.9 Å². The van der Waals surface area contributed by atoms with Crippen molar-refractivity contribution in [3.05, 3.63) is 60.5 Å². The van der Waals surface area contributed by atoms with Crippen LogP contribution in [-0.2, 0) is 0 Å². The Hall–Kier alpha value is -4.15. The summed E-state index contributed by atoms with van der Waals surface area (Å²) in [7, 11) is 0. The SMILES string of the molecule is O=C(Nc1ccc(F)c(-c2nc3cc(-c4cccc(OC(F)(F)F)c4)cnc3[nH]2)c1)N1CCCC1. The van der Waals surface area contributed by atoms with E-state index in [0.29, 0.717) is 41.1 Å². The molecule has 1 aliphatic rings. The van der Waals surface area contributed by atoms with Gasteiger partial charge in [-0.3, -0.25) is 0 Å². The van der Waals surface area contributed by atoms with E-state index in [0.717, 1.165) is 12.8 Å². The maximum absolute atomic E-state index is 14.6. The number of hydrogen-bond acceptors (Lipinski definition) is 4. The maximum Gasteiger partial charge on any atom is 0.573 e. The lowest BCUT2D eigenvalue weighted by Gasteiger charge is -2.16. The number of anilines is 1. The first-order chi connectivity index (χ1) is 16.7. The number of alkyl halides is 3. The monoisotopic (exact) mass is 485 g/mol. The number of rotatable bonds is 4. The highest BCUT2D eigenvalue weighted by atomic mass is 19.4. The zero-order valence-electron chi connectivity index (χ0n) is 18.2. The smallest absolute Gasteiger partial charge is 0.406 e. The highest BCUT2D eigenvalue weighted by Crippen LogP contribution is 2.30. The van der Waals surface area contributed by atoms with Gasteiger partial charge >= 0.3 is 12.4 Å². The number of carbonyl (C=O) groups is 1. The predicted octanol–water partition coefficient (Wildman–Crippen LogP) is 5.96. The first kappa shape index (κ1) is 22.6. The number of benzene rings is 2. The van der Waals surface area contributed by atoms with Crippen LogP contribution in [-0.4, -0.2) is 45.3 Å². The van der Waals surface area contributed by atoms with Crippen molar-refractivity contribution in [2.75, 3.05) is 18.4 Å². The van der Waals surface area contributed by atoms with E-state index >= 15 is 0 Å². The third kappa shape index (κ3) is 5.03. The number of nitrogens with zero attached hydrogens (tertiary/aromatic N) is 3. The molecule has 0 aliphatic carbocycles. The fourth-order valence-corrected chi connectivity index (χ4v) is 3.96. The van der Waals surface area contributed by atoms with Gasteiger partial charge in [-0.15, -0.1) is 13.2 Å². The molecule has 0 saturated carbocycles. The van der Waals surface area contributed by atoms with E-state index < -0.39 is 12.2 Å². The Balaban J connectivity index is 1.43. The van der Waals surface area contributed by atoms with Gasteiger partial charge in [-0.05, 0) is 54.8 Å². The molecule has 0 bridgehead atoms. The zero-order valence-corrected chi connectivity index (χ0v) is 18.2. The second-order valence-electron chi connectivity index (χ2n) is 8.07.